The molecule has 5 aromatic rings. The van der Waals surface area contributed by atoms with Crippen LogP contribution < -0.4 is 10.3 Å². The number of rotatable bonds is 9. The SMILES string of the molecule is COc1cc(N=Nc2c(C)c(C#N)c3[nH]c4ccccc4n3c2=O)c(S(=O)(=O)O)cc1N=Nc1ccc(SOOO)cc1. The van der Waals surface area contributed by atoms with Crippen LogP contribution in [-0.4, -0.2) is 34.7 Å². The number of benzene rings is 3. The quantitative estimate of drug-likeness (QED) is 0.0536. The van der Waals surface area contributed by atoms with Crippen molar-refractivity contribution in [2.75, 3.05) is 7.11 Å². The van der Waals surface area contributed by atoms with Gasteiger partial charge in [0, 0.05) is 16.5 Å². The molecule has 0 aliphatic heterocycles. The molecule has 15 nitrogen and oxygen atoms in total. The Kier molecular flexibility index (Phi) is 8.31. The van der Waals surface area contributed by atoms with Crippen molar-refractivity contribution in [3.05, 3.63) is 82.1 Å². The van der Waals surface area contributed by atoms with Crippen molar-refractivity contribution in [2.24, 2.45) is 20.5 Å². The van der Waals surface area contributed by atoms with Crippen LogP contribution in [0, 0.1) is 18.3 Å². The number of methoxy groups -OCH3 is 1. The van der Waals surface area contributed by atoms with E-state index >= 15 is 0 Å². The van der Waals surface area contributed by atoms with E-state index in [0.29, 0.717) is 21.6 Å². The number of nitrogens with one attached hydrogen (secondary N) is 1. The van der Waals surface area contributed by atoms with Gasteiger partial charge in [-0.05, 0) is 49.4 Å². The Morgan fingerprint density at radius 3 is 2.42 bits per heavy atom. The highest BCUT2D eigenvalue weighted by atomic mass is 32.2. The van der Waals surface area contributed by atoms with Crippen molar-refractivity contribution in [1.82, 2.24) is 9.38 Å². The Balaban J connectivity index is 1.59. The Hall–Kier alpha value is -4.96. The molecule has 43 heavy (non-hydrogen) atoms. The van der Waals surface area contributed by atoms with Gasteiger partial charge in [-0.3, -0.25) is 13.7 Å². The highest BCUT2D eigenvalue weighted by Crippen LogP contribution is 2.39. The molecule has 0 spiro atoms. The van der Waals surface area contributed by atoms with Crippen LogP contribution in [0.3, 0.4) is 0 Å². The second-order valence-electron chi connectivity index (χ2n) is 8.68. The zero-order valence-electron chi connectivity index (χ0n) is 22.1. The van der Waals surface area contributed by atoms with Gasteiger partial charge in [0.05, 0.1) is 41.4 Å². The van der Waals surface area contributed by atoms with E-state index in [1.807, 2.05) is 0 Å². The molecule has 0 atom stereocenters. The molecule has 0 fully saturated rings. The molecular formula is C26H19N7O8S2. The number of nitrogens with zero attached hydrogens (tertiary/aromatic N) is 6. The largest absolute Gasteiger partial charge is 0.494 e. The van der Waals surface area contributed by atoms with Crippen LogP contribution in [0.15, 0.2) is 95.7 Å². The minimum Gasteiger partial charge on any atom is -0.494 e. The number of azo groups is 2. The third-order valence-corrected chi connectivity index (χ3v) is 7.65. The van der Waals surface area contributed by atoms with E-state index in [-0.39, 0.29) is 39.6 Å². The summed E-state index contributed by atoms with van der Waals surface area (Å²) in [7, 11) is -3.57. The minimum atomic E-state index is -4.87. The third kappa shape index (κ3) is 5.87. The highest BCUT2D eigenvalue weighted by Gasteiger charge is 2.22. The number of aromatic amines is 1. The average molecular weight is 622 g/mol. The standard InChI is InChI=1S/C26H19N7O8S2/c1-14-17(13-27)25-28-18-5-3-4-6-21(18)33(25)26(34)24(14)32-31-20-11-22(39-2)19(12-23(20)43(36,37)38)30-29-15-7-9-16(10-8-15)42-41-40-35/h3-12,28,35H,1-2H3,(H,36,37,38). The predicted octanol–water partition coefficient (Wildman–Crippen LogP) is 6.48. The molecular weight excluding hydrogens is 602 g/mol. The summed E-state index contributed by atoms with van der Waals surface area (Å²) in [6.07, 6.45) is 0. The third-order valence-electron chi connectivity index (χ3n) is 6.17. The molecule has 2 heterocycles. The molecule has 0 aliphatic rings. The van der Waals surface area contributed by atoms with Crippen molar-refractivity contribution in [1.29, 1.82) is 5.26 Å². The first kappa shape index (κ1) is 29.5. The maximum Gasteiger partial charge on any atom is 0.296 e. The van der Waals surface area contributed by atoms with Crippen LogP contribution in [0.1, 0.15) is 11.1 Å². The number of fused-ring (bicyclic) bond motifs is 3. The normalized spacial score (nSPS) is 12.1. The Morgan fingerprint density at radius 1 is 1.02 bits per heavy atom. The Morgan fingerprint density at radius 2 is 1.74 bits per heavy atom. The summed E-state index contributed by atoms with van der Waals surface area (Å²) in [6, 6.07) is 17.5. The molecule has 3 aromatic carbocycles. The molecule has 0 aliphatic carbocycles. The fraction of sp³-hybridized carbons (Fsp3) is 0.0769. The van der Waals surface area contributed by atoms with Crippen molar-refractivity contribution in [3.8, 4) is 11.8 Å². The van der Waals surface area contributed by atoms with Crippen molar-refractivity contribution in [3.63, 3.8) is 0 Å². The highest BCUT2D eigenvalue weighted by molar-refractivity contribution is 7.94. The number of hydrogen-bond acceptors (Lipinski definition) is 13. The molecule has 0 unspecified atom stereocenters. The first-order valence-corrected chi connectivity index (χ1v) is 14.2. The summed E-state index contributed by atoms with van der Waals surface area (Å²) in [5.74, 6) is 0.0315. The number of imidazole rings is 1. The number of ether oxygens (including phenoxy) is 1. The van der Waals surface area contributed by atoms with Gasteiger partial charge in [0.25, 0.3) is 15.7 Å². The molecule has 5 rings (SSSR count). The molecule has 3 N–H and O–H groups in total. The topological polar surface area (TPSA) is 213 Å². The average Bonchev–Trinajstić information content (AvgIpc) is 3.38. The van der Waals surface area contributed by atoms with E-state index < -0.39 is 20.6 Å². The van der Waals surface area contributed by atoms with Crippen molar-refractivity contribution in [2.45, 2.75) is 16.7 Å². The zero-order valence-corrected chi connectivity index (χ0v) is 23.8. The molecule has 2 aromatic heterocycles. The maximum atomic E-state index is 13.5. The van der Waals surface area contributed by atoms with Gasteiger partial charge in [0.1, 0.15) is 33.7 Å². The Bertz CT molecular complexity index is 2130. The lowest BCUT2D eigenvalue weighted by Crippen LogP contribution is -2.14. The summed E-state index contributed by atoms with van der Waals surface area (Å²) in [5, 5.41) is 37.7. The van der Waals surface area contributed by atoms with E-state index in [4.69, 9.17) is 9.99 Å². The second kappa shape index (κ2) is 12.1. The van der Waals surface area contributed by atoms with Gasteiger partial charge < -0.3 is 9.72 Å². The number of H-pyrrole nitrogens is 1. The fourth-order valence-electron chi connectivity index (χ4n) is 4.18. The molecule has 0 amide bonds. The first-order chi connectivity index (χ1) is 20.7. The van der Waals surface area contributed by atoms with Gasteiger partial charge in [-0.15, -0.1) is 19.7 Å². The smallest absolute Gasteiger partial charge is 0.296 e. The maximum absolute atomic E-state index is 13.5. The van der Waals surface area contributed by atoms with Gasteiger partial charge in [-0.1, -0.05) is 17.2 Å². The van der Waals surface area contributed by atoms with Crippen molar-refractivity contribution < 1.29 is 32.3 Å². The van der Waals surface area contributed by atoms with Gasteiger partial charge in [0.15, 0.2) is 5.69 Å². The molecule has 17 heteroatoms. The van der Waals surface area contributed by atoms with Crippen LogP contribution in [0.25, 0.3) is 16.7 Å². The summed E-state index contributed by atoms with van der Waals surface area (Å²) in [6.45, 7) is 1.52. The predicted molar refractivity (Wildman–Crippen MR) is 153 cm³/mol. The number of hydrogen-bond donors (Lipinski definition) is 3. The Labute approximate surface area is 246 Å². The number of nitriles is 1. The lowest BCUT2D eigenvalue weighted by atomic mass is 10.1. The van der Waals surface area contributed by atoms with Crippen LogP contribution in [0.5, 0.6) is 5.75 Å². The number of pyridine rings is 1. The van der Waals surface area contributed by atoms with E-state index in [2.05, 4.69) is 40.9 Å². The van der Waals surface area contributed by atoms with E-state index in [1.54, 1.807) is 48.5 Å². The van der Waals surface area contributed by atoms with Gasteiger partial charge in [0.2, 0.25) is 0 Å². The minimum absolute atomic E-state index is 0.0315. The van der Waals surface area contributed by atoms with E-state index in [1.165, 1.54) is 18.4 Å². The van der Waals surface area contributed by atoms with Crippen LogP contribution in [0.4, 0.5) is 22.7 Å². The lowest BCUT2D eigenvalue weighted by Gasteiger charge is -2.09. The van der Waals surface area contributed by atoms with Crippen LogP contribution in [-0.2, 0) is 19.5 Å². The van der Waals surface area contributed by atoms with E-state index in [0.717, 1.165) is 24.2 Å². The second-order valence-corrected chi connectivity index (χ2v) is 10.8. The summed E-state index contributed by atoms with van der Waals surface area (Å²) in [4.78, 5) is 16.5. The van der Waals surface area contributed by atoms with E-state index in [9.17, 15) is 23.0 Å². The van der Waals surface area contributed by atoms with Gasteiger partial charge >= 0.3 is 0 Å². The summed E-state index contributed by atoms with van der Waals surface area (Å²) < 4.78 is 45.6. The van der Waals surface area contributed by atoms with Crippen molar-refractivity contribution >= 4 is 61.6 Å². The van der Waals surface area contributed by atoms with Gasteiger partial charge in [-0.2, -0.15) is 18.8 Å². The first-order valence-electron chi connectivity index (χ1n) is 12.0. The summed E-state index contributed by atoms with van der Waals surface area (Å²) in [5.41, 5.74) is 0.909. The molecule has 0 saturated heterocycles. The fourth-order valence-corrected chi connectivity index (χ4v) is 5.16. The van der Waals surface area contributed by atoms with Crippen LogP contribution >= 0.6 is 12.0 Å². The summed E-state index contributed by atoms with van der Waals surface area (Å²) >= 11 is 0.747. The number of aromatic nitrogens is 2. The van der Waals surface area contributed by atoms with Crippen LogP contribution in [0.2, 0.25) is 0 Å². The molecule has 218 valence electrons. The van der Waals surface area contributed by atoms with Gasteiger partial charge in [-0.25, -0.2) is 5.26 Å². The molecule has 0 bridgehead atoms. The zero-order chi connectivity index (χ0) is 30.7. The molecule has 0 radical (unpaired) electrons. The lowest BCUT2D eigenvalue weighted by molar-refractivity contribution is -0.432. The molecule has 0 saturated carbocycles. The number of para-hydroxylation sites is 2. The monoisotopic (exact) mass is 621 g/mol.